The molecule has 8 nitrogen and oxygen atoms in total. The van der Waals surface area contributed by atoms with Crippen LogP contribution in [-0.2, 0) is 18.4 Å². The van der Waals surface area contributed by atoms with Crippen molar-refractivity contribution in [3.05, 3.63) is 74.5 Å². The number of fused-ring (bicyclic) bond motifs is 1. The van der Waals surface area contributed by atoms with Crippen LogP contribution in [0.1, 0.15) is 43.1 Å². The lowest BCUT2D eigenvalue weighted by Gasteiger charge is -2.22. The van der Waals surface area contributed by atoms with Crippen molar-refractivity contribution in [3.8, 4) is 0 Å². The third kappa shape index (κ3) is 6.95. The molecular weight excluding hydrogens is 652 g/mol. The van der Waals surface area contributed by atoms with Crippen LogP contribution >= 0.6 is 34.8 Å². The molecule has 0 unspecified atom stereocenters. The highest BCUT2D eigenvalue weighted by molar-refractivity contribution is 6.39. The molecule has 4 aromatic rings. The molecule has 1 aliphatic rings. The van der Waals surface area contributed by atoms with Crippen molar-refractivity contribution in [2.75, 3.05) is 28.6 Å². The molecule has 45 heavy (non-hydrogen) atoms. The van der Waals surface area contributed by atoms with E-state index in [9.17, 15) is 22.8 Å². The zero-order valence-electron chi connectivity index (χ0n) is 24.8. The first-order valence-electron chi connectivity index (χ1n) is 14.0. The van der Waals surface area contributed by atoms with Gasteiger partial charge in [-0.2, -0.15) is 0 Å². The van der Waals surface area contributed by atoms with Crippen molar-refractivity contribution in [1.82, 2.24) is 14.9 Å². The van der Waals surface area contributed by atoms with E-state index < -0.39 is 29.6 Å². The lowest BCUT2D eigenvalue weighted by molar-refractivity contribution is -0.128. The van der Waals surface area contributed by atoms with Crippen LogP contribution in [0.3, 0.4) is 0 Å². The minimum atomic E-state index is -2.92. The van der Waals surface area contributed by atoms with Gasteiger partial charge in [-0.3, -0.25) is 9.59 Å². The van der Waals surface area contributed by atoms with E-state index >= 15 is 0 Å². The molecule has 0 atom stereocenters. The number of nitrogens with one attached hydrogen (secondary N) is 3. The van der Waals surface area contributed by atoms with E-state index in [2.05, 4.69) is 20.9 Å². The van der Waals surface area contributed by atoms with Crippen molar-refractivity contribution in [2.45, 2.75) is 39.7 Å². The summed E-state index contributed by atoms with van der Waals surface area (Å²) in [5.74, 6) is -4.01. The number of benzene rings is 3. The summed E-state index contributed by atoms with van der Waals surface area (Å²) in [6.07, 6.45) is -0.360. The highest BCUT2D eigenvalue weighted by Gasteiger charge is 2.39. The van der Waals surface area contributed by atoms with E-state index in [0.717, 1.165) is 6.07 Å². The average molecular weight is 682 g/mol. The maximum absolute atomic E-state index is 14.3. The second-order valence-corrected chi connectivity index (χ2v) is 13.1. The number of imidazole rings is 1. The summed E-state index contributed by atoms with van der Waals surface area (Å²) >= 11 is 19.1. The maximum Gasteiger partial charge on any atom is 0.266 e. The van der Waals surface area contributed by atoms with Crippen molar-refractivity contribution in [3.63, 3.8) is 0 Å². The standard InChI is InChI=1S/C31H30Cl3F3N6O2/c1-30(2,3)28(45)38-14-16-5-7-19(32)26(25(16)34)41-29-40-22-12-18(27(44)39-17-6-8-21(35)20(33)11-17)23(13-24(22)42(29)4)43-10-9-31(36,37)15-43/h5-8,11-13H,9-10,14-15H2,1-4H3,(H,38,45)(H,39,44)(H,40,41). The Morgan fingerprint density at radius 1 is 1.04 bits per heavy atom. The number of halogens is 6. The zero-order valence-corrected chi connectivity index (χ0v) is 27.1. The Bertz CT molecular complexity index is 1820. The molecule has 0 aliphatic carbocycles. The quantitative estimate of drug-likeness (QED) is 0.183. The predicted molar refractivity (Wildman–Crippen MR) is 173 cm³/mol. The van der Waals surface area contributed by atoms with Crippen molar-refractivity contribution >= 4 is 80.7 Å². The first-order chi connectivity index (χ1) is 21.0. The Balaban J connectivity index is 1.51. The monoisotopic (exact) mass is 680 g/mol. The van der Waals surface area contributed by atoms with Crippen LogP contribution in [0, 0.1) is 11.2 Å². The summed E-state index contributed by atoms with van der Waals surface area (Å²) in [6.45, 7) is 5.06. The van der Waals surface area contributed by atoms with Gasteiger partial charge < -0.3 is 25.4 Å². The summed E-state index contributed by atoms with van der Waals surface area (Å²) in [7, 11) is 1.72. The predicted octanol–water partition coefficient (Wildman–Crippen LogP) is 8.18. The molecule has 2 heterocycles. The molecule has 0 radical (unpaired) electrons. The van der Waals surface area contributed by atoms with Gasteiger partial charge >= 0.3 is 0 Å². The molecule has 1 aromatic heterocycles. The fourth-order valence-corrected chi connectivity index (χ4v) is 5.61. The highest BCUT2D eigenvalue weighted by Crippen LogP contribution is 2.39. The molecule has 2 amide bonds. The van der Waals surface area contributed by atoms with Crippen LogP contribution in [0.4, 0.5) is 36.2 Å². The molecule has 0 bridgehead atoms. The molecule has 3 N–H and O–H groups in total. The van der Waals surface area contributed by atoms with E-state index in [1.54, 1.807) is 50.6 Å². The summed E-state index contributed by atoms with van der Waals surface area (Å²) in [5, 5.41) is 9.08. The van der Waals surface area contributed by atoms with Crippen LogP contribution in [-0.4, -0.2) is 40.4 Å². The number of hydrogen-bond acceptors (Lipinski definition) is 5. The van der Waals surface area contributed by atoms with E-state index in [1.165, 1.54) is 23.1 Å². The van der Waals surface area contributed by atoms with Gasteiger partial charge in [-0.25, -0.2) is 18.2 Å². The Hall–Kier alpha value is -3.67. The number of nitrogens with zero attached hydrogens (tertiary/aromatic N) is 3. The molecule has 0 saturated carbocycles. The number of carbonyl (C=O) groups is 2. The van der Waals surface area contributed by atoms with Gasteiger partial charge in [0.05, 0.1) is 49.6 Å². The number of aromatic nitrogens is 2. The number of alkyl halides is 2. The average Bonchev–Trinajstić information content (AvgIpc) is 3.48. The third-order valence-corrected chi connectivity index (χ3v) is 8.50. The lowest BCUT2D eigenvalue weighted by atomic mass is 9.95. The van der Waals surface area contributed by atoms with Gasteiger partial charge in [0.15, 0.2) is 0 Å². The second kappa shape index (κ2) is 12.3. The van der Waals surface area contributed by atoms with Gasteiger partial charge in [0.2, 0.25) is 11.9 Å². The molecule has 1 fully saturated rings. The highest BCUT2D eigenvalue weighted by atomic mass is 35.5. The van der Waals surface area contributed by atoms with Crippen LogP contribution in [0.5, 0.6) is 0 Å². The minimum Gasteiger partial charge on any atom is -0.365 e. The number of carbonyl (C=O) groups excluding carboxylic acids is 2. The molecule has 3 aromatic carbocycles. The van der Waals surface area contributed by atoms with Gasteiger partial charge in [0.25, 0.3) is 11.8 Å². The summed E-state index contributed by atoms with van der Waals surface area (Å²) in [4.78, 5) is 32.0. The number of aryl methyl sites for hydroxylation is 1. The SMILES string of the molecule is Cn1c(Nc2c(Cl)ccc(CNC(=O)C(C)(C)C)c2Cl)nc2cc(C(=O)Nc3ccc(F)c(Cl)c3)c(N3CCC(F)(F)C3)cc21. The normalized spacial score (nSPS) is 14.6. The topological polar surface area (TPSA) is 91.3 Å². The largest absolute Gasteiger partial charge is 0.365 e. The van der Waals surface area contributed by atoms with Crippen molar-refractivity contribution < 1.29 is 22.8 Å². The first-order valence-corrected chi connectivity index (χ1v) is 15.1. The van der Waals surface area contributed by atoms with Crippen LogP contribution in [0.15, 0.2) is 42.5 Å². The third-order valence-electron chi connectivity index (χ3n) is 7.46. The van der Waals surface area contributed by atoms with Gasteiger partial charge in [0.1, 0.15) is 5.82 Å². The zero-order chi connectivity index (χ0) is 32.8. The van der Waals surface area contributed by atoms with E-state index in [4.69, 9.17) is 34.8 Å². The molecule has 238 valence electrons. The Morgan fingerprint density at radius 3 is 2.42 bits per heavy atom. The van der Waals surface area contributed by atoms with Crippen LogP contribution in [0.25, 0.3) is 11.0 Å². The number of hydrogen-bond donors (Lipinski definition) is 3. The second-order valence-electron chi connectivity index (χ2n) is 11.9. The maximum atomic E-state index is 14.3. The fraction of sp³-hybridized carbons (Fsp3) is 0.323. The van der Waals surface area contributed by atoms with Gasteiger partial charge in [-0.15, -0.1) is 0 Å². The van der Waals surface area contributed by atoms with Gasteiger partial charge in [0, 0.05) is 37.7 Å². The Labute approximate surface area is 272 Å². The summed E-state index contributed by atoms with van der Waals surface area (Å²) in [5.41, 5.74) is 1.93. The summed E-state index contributed by atoms with van der Waals surface area (Å²) < 4.78 is 43.9. The Kier molecular flexibility index (Phi) is 8.91. The first kappa shape index (κ1) is 32.7. The number of rotatable bonds is 7. The molecule has 5 rings (SSSR count). The van der Waals surface area contributed by atoms with E-state index in [0.29, 0.717) is 33.3 Å². The Morgan fingerprint density at radius 2 is 1.78 bits per heavy atom. The van der Waals surface area contributed by atoms with Crippen LogP contribution < -0.4 is 20.9 Å². The van der Waals surface area contributed by atoms with Crippen molar-refractivity contribution in [2.24, 2.45) is 12.5 Å². The number of amides is 2. The van der Waals surface area contributed by atoms with Crippen molar-refractivity contribution in [1.29, 1.82) is 0 Å². The van der Waals surface area contributed by atoms with E-state index in [1.807, 2.05) is 0 Å². The summed E-state index contributed by atoms with van der Waals surface area (Å²) in [6, 6.07) is 10.2. The number of anilines is 4. The molecule has 1 aliphatic heterocycles. The molecule has 14 heteroatoms. The van der Waals surface area contributed by atoms with E-state index in [-0.39, 0.29) is 52.4 Å². The molecule has 1 saturated heterocycles. The van der Waals surface area contributed by atoms with Gasteiger partial charge in [-0.05, 0) is 42.0 Å². The van der Waals surface area contributed by atoms with Crippen LogP contribution in [0.2, 0.25) is 15.1 Å². The lowest BCUT2D eigenvalue weighted by Crippen LogP contribution is -2.34. The smallest absolute Gasteiger partial charge is 0.266 e. The molecule has 0 spiro atoms. The molecular formula is C31H30Cl3F3N6O2. The van der Waals surface area contributed by atoms with Gasteiger partial charge in [-0.1, -0.05) is 61.6 Å². The minimum absolute atomic E-state index is 0.0356. The fourth-order valence-electron chi connectivity index (χ4n) is 4.90.